The van der Waals surface area contributed by atoms with Crippen molar-refractivity contribution in [2.75, 3.05) is 0 Å². The number of aromatic nitrogens is 2. The number of nitriles is 1. The van der Waals surface area contributed by atoms with Gasteiger partial charge in [-0.25, -0.2) is 4.98 Å². The fraction of sp³-hybridized carbons (Fsp3) is 0.118. The van der Waals surface area contributed by atoms with Gasteiger partial charge in [-0.3, -0.25) is 4.79 Å². The van der Waals surface area contributed by atoms with Gasteiger partial charge < -0.3 is 9.67 Å². The van der Waals surface area contributed by atoms with E-state index < -0.39 is 34.6 Å². The summed E-state index contributed by atoms with van der Waals surface area (Å²) in [5, 5.41) is 19.2. The molecule has 138 valence electrons. The molecule has 0 bridgehead atoms. The molecule has 0 fully saturated rings. The molecule has 0 saturated carbocycles. The third-order valence-electron chi connectivity index (χ3n) is 3.60. The molecule has 5 nitrogen and oxygen atoms in total. The standard InChI is InChI=1S/C17H9ClF3N3O2S/c18-11-5-9(17(19,20)21)7-24(16(11)26)8-13(25)10(6-22)15-23-12-3-1-2-4-14(12)27-15/h1-5,7,25H,8H2/b13-10+. The minimum absolute atomic E-state index is 0.197. The number of pyridine rings is 1. The smallest absolute Gasteiger partial charge is 0.417 e. The lowest BCUT2D eigenvalue weighted by Crippen LogP contribution is -2.24. The molecule has 0 spiro atoms. The summed E-state index contributed by atoms with van der Waals surface area (Å²) in [6.07, 6.45) is -4.18. The van der Waals surface area contributed by atoms with Crippen LogP contribution in [-0.2, 0) is 12.7 Å². The van der Waals surface area contributed by atoms with Crippen LogP contribution >= 0.6 is 22.9 Å². The van der Waals surface area contributed by atoms with Crippen molar-refractivity contribution >= 4 is 38.7 Å². The van der Waals surface area contributed by atoms with Crippen molar-refractivity contribution < 1.29 is 18.3 Å². The van der Waals surface area contributed by atoms with Gasteiger partial charge in [-0.15, -0.1) is 11.3 Å². The average molecular weight is 412 g/mol. The number of allylic oxidation sites excluding steroid dienone is 2. The molecule has 1 aromatic carbocycles. The number of nitrogens with zero attached hydrogens (tertiary/aromatic N) is 3. The first-order chi connectivity index (χ1) is 12.7. The van der Waals surface area contributed by atoms with E-state index in [1.54, 1.807) is 30.3 Å². The van der Waals surface area contributed by atoms with Crippen LogP contribution in [0.5, 0.6) is 0 Å². The van der Waals surface area contributed by atoms with E-state index in [1.165, 1.54) is 0 Å². The average Bonchev–Trinajstić information content (AvgIpc) is 3.02. The van der Waals surface area contributed by atoms with Crippen molar-refractivity contribution in [3.8, 4) is 6.07 Å². The van der Waals surface area contributed by atoms with E-state index in [9.17, 15) is 28.3 Å². The van der Waals surface area contributed by atoms with E-state index in [4.69, 9.17) is 11.6 Å². The number of benzene rings is 1. The Labute approximate surface area is 159 Å². The lowest BCUT2D eigenvalue weighted by atomic mass is 10.2. The van der Waals surface area contributed by atoms with Crippen LogP contribution in [0.4, 0.5) is 13.2 Å². The van der Waals surface area contributed by atoms with Gasteiger partial charge in [-0.2, -0.15) is 18.4 Å². The molecule has 1 N–H and O–H groups in total. The molecule has 0 aliphatic heterocycles. The Bertz CT molecular complexity index is 1130. The van der Waals surface area contributed by atoms with Crippen LogP contribution in [0.25, 0.3) is 15.8 Å². The van der Waals surface area contributed by atoms with E-state index in [0.717, 1.165) is 16.0 Å². The van der Waals surface area contributed by atoms with E-state index in [1.807, 2.05) is 0 Å². The van der Waals surface area contributed by atoms with Crippen molar-refractivity contribution in [1.29, 1.82) is 5.26 Å². The first-order valence-corrected chi connectivity index (χ1v) is 8.55. The number of thiazole rings is 1. The summed E-state index contributed by atoms with van der Waals surface area (Å²) >= 11 is 6.72. The zero-order chi connectivity index (χ0) is 19.8. The molecular weight excluding hydrogens is 403 g/mol. The van der Waals surface area contributed by atoms with Crippen LogP contribution in [0, 0.1) is 11.3 Å². The maximum absolute atomic E-state index is 12.9. The number of halogens is 4. The molecule has 2 heterocycles. The highest BCUT2D eigenvalue weighted by molar-refractivity contribution is 7.19. The van der Waals surface area contributed by atoms with Gasteiger partial charge in [0, 0.05) is 6.20 Å². The topological polar surface area (TPSA) is 78.9 Å². The van der Waals surface area contributed by atoms with Crippen molar-refractivity contribution in [2.24, 2.45) is 0 Å². The van der Waals surface area contributed by atoms with Crippen molar-refractivity contribution in [2.45, 2.75) is 12.7 Å². The number of aliphatic hydroxyl groups is 1. The van der Waals surface area contributed by atoms with Gasteiger partial charge in [-0.1, -0.05) is 23.7 Å². The minimum Gasteiger partial charge on any atom is -0.509 e. The largest absolute Gasteiger partial charge is 0.509 e. The van der Waals surface area contributed by atoms with Crippen molar-refractivity contribution in [3.05, 3.63) is 68.2 Å². The van der Waals surface area contributed by atoms with Crippen molar-refractivity contribution in [3.63, 3.8) is 0 Å². The highest BCUT2D eigenvalue weighted by Gasteiger charge is 2.32. The third kappa shape index (κ3) is 3.82. The van der Waals surface area contributed by atoms with Gasteiger partial charge in [0.2, 0.25) is 0 Å². The lowest BCUT2D eigenvalue weighted by molar-refractivity contribution is -0.138. The lowest BCUT2D eigenvalue weighted by Gasteiger charge is -2.12. The Morgan fingerprint density at radius 3 is 2.70 bits per heavy atom. The van der Waals surface area contributed by atoms with Gasteiger partial charge in [0.15, 0.2) is 0 Å². The molecule has 3 aromatic rings. The highest BCUT2D eigenvalue weighted by atomic mass is 35.5. The van der Waals surface area contributed by atoms with Crippen LogP contribution < -0.4 is 5.56 Å². The Morgan fingerprint density at radius 2 is 2.07 bits per heavy atom. The van der Waals surface area contributed by atoms with Crippen LogP contribution in [0.1, 0.15) is 10.6 Å². The summed E-state index contributed by atoms with van der Waals surface area (Å²) in [7, 11) is 0. The summed E-state index contributed by atoms with van der Waals surface area (Å²) in [5.74, 6) is -0.589. The Morgan fingerprint density at radius 1 is 1.37 bits per heavy atom. The predicted octanol–water partition coefficient (Wildman–Crippen LogP) is 4.62. The molecule has 27 heavy (non-hydrogen) atoms. The Kier molecular flexibility index (Phi) is 4.95. The Balaban J connectivity index is 2.06. The SMILES string of the molecule is N#C/C(=C(\O)Cn1cc(C(F)(F)F)cc(Cl)c1=O)c1nc2ccccc2s1. The number of fused-ring (bicyclic) bond motifs is 1. The van der Waals surface area contributed by atoms with Gasteiger partial charge >= 0.3 is 6.18 Å². The number of alkyl halides is 3. The first kappa shape index (κ1) is 18.9. The molecule has 0 amide bonds. The maximum Gasteiger partial charge on any atom is 0.417 e. The highest BCUT2D eigenvalue weighted by Crippen LogP contribution is 2.31. The minimum atomic E-state index is -4.72. The molecule has 0 aliphatic carbocycles. The van der Waals surface area contributed by atoms with E-state index in [0.29, 0.717) is 22.3 Å². The summed E-state index contributed by atoms with van der Waals surface area (Å²) in [6.45, 7) is -0.651. The molecule has 10 heteroatoms. The number of rotatable bonds is 3. The quantitative estimate of drug-likeness (QED) is 0.503. The molecule has 3 rings (SSSR count). The second-order valence-corrected chi connectivity index (χ2v) is 6.87. The zero-order valence-electron chi connectivity index (χ0n) is 13.3. The molecule has 0 atom stereocenters. The fourth-order valence-corrected chi connectivity index (χ4v) is 3.54. The molecule has 0 aliphatic rings. The third-order valence-corrected chi connectivity index (χ3v) is 4.92. The molecule has 2 aromatic heterocycles. The van der Waals surface area contributed by atoms with Gasteiger partial charge in [0.05, 0.1) is 22.3 Å². The summed E-state index contributed by atoms with van der Waals surface area (Å²) < 4.78 is 40.1. The number of para-hydroxylation sites is 1. The van der Waals surface area contributed by atoms with E-state index in [-0.39, 0.29) is 10.6 Å². The second kappa shape index (κ2) is 7.06. The Hall–Kier alpha value is -2.83. The van der Waals surface area contributed by atoms with Crippen LogP contribution in [0.15, 0.2) is 47.1 Å². The summed E-state index contributed by atoms with van der Waals surface area (Å²) in [5.41, 5.74) is -1.68. The molecule has 0 radical (unpaired) electrons. The predicted molar refractivity (Wildman–Crippen MR) is 95.5 cm³/mol. The first-order valence-electron chi connectivity index (χ1n) is 7.36. The molecule has 0 unspecified atom stereocenters. The number of hydrogen-bond acceptors (Lipinski definition) is 5. The summed E-state index contributed by atoms with van der Waals surface area (Å²) in [6, 6.07) is 9.33. The zero-order valence-corrected chi connectivity index (χ0v) is 14.9. The number of aliphatic hydroxyl groups excluding tert-OH is 1. The number of hydrogen-bond donors (Lipinski definition) is 1. The van der Waals surface area contributed by atoms with Crippen LogP contribution in [0.2, 0.25) is 5.02 Å². The van der Waals surface area contributed by atoms with Gasteiger partial charge in [0.25, 0.3) is 5.56 Å². The molecular formula is C17H9ClF3N3O2S. The maximum atomic E-state index is 12.9. The van der Waals surface area contributed by atoms with E-state index in [2.05, 4.69) is 4.98 Å². The second-order valence-electron chi connectivity index (χ2n) is 5.43. The summed E-state index contributed by atoms with van der Waals surface area (Å²) in [4.78, 5) is 16.2. The monoisotopic (exact) mass is 411 g/mol. The molecule has 0 saturated heterocycles. The van der Waals surface area contributed by atoms with Crippen LogP contribution in [-0.4, -0.2) is 14.7 Å². The normalized spacial score (nSPS) is 12.7. The van der Waals surface area contributed by atoms with Gasteiger partial charge in [0.1, 0.15) is 27.4 Å². The van der Waals surface area contributed by atoms with Crippen LogP contribution in [0.3, 0.4) is 0 Å². The van der Waals surface area contributed by atoms with E-state index >= 15 is 0 Å². The fourth-order valence-electron chi connectivity index (χ4n) is 2.33. The van der Waals surface area contributed by atoms with Crippen molar-refractivity contribution in [1.82, 2.24) is 9.55 Å². The van der Waals surface area contributed by atoms with Gasteiger partial charge in [-0.05, 0) is 18.2 Å².